The van der Waals surface area contributed by atoms with E-state index in [1.54, 1.807) is 28.8 Å². The van der Waals surface area contributed by atoms with E-state index in [0.29, 0.717) is 29.6 Å². The van der Waals surface area contributed by atoms with Crippen LogP contribution in [0.5, 0.6) is 0 Å². The van der Waals surface area contributed by atoms with Crippen molar-refractivity contribution in [2.45, 2.75) is 24.4 Å². The molecule has 2 heterocycles. The smallest absolute Gasteiger partial charge is 0.338 e. The number of azo groups is 1. The van der Waals surface area contributed by atoms with Gasteiger partial charge < -0.3 is 9.64 Å². The summed E-state index contributed by atoms with van der Waals surface area (Å²) in [6.07, 6.45) is 0. The van der Waals surface area contributed by atoms with E-state index in [-0.39, 0.29) is 11.9 Å². The number of esters is 1. The Kier molecular flexibility index (Phi) is 6.43. The van der Waals surface area contributed by atoms with Crippen molar-refractivity contribution in [2.24, 2.45) is 10.2 Å². The van der Waals surface area contributed by atoms with E-state index in [4.69, 9.17) is 4.74 Å². The first kappa shape index (κ1) is 21.2. The van der Waals surface area contributed by atoms with Crippen molar-refractivity contribution < 1.29 is 14.3 Å². The molecule has 2 aromatic carbocycles. The van der Waals surface area contributed by atoms with Crippen LogP contribution in [0.15, 0.2) is 63.9 Å². The van der Waals surface area contributed by atoms with Gasteiger partial charge in [0.1, 0.15) is 6.61 Å². The van der Waals surface area contributed by atoms with Crippen LogP contribution in [0.4, 0.5) is 5.69 Å². The number of imidazole rings is 1. The van der Waals surface area contributed by atoms with Crippen LogP contribution in [0, 0.1) is 0 Å². The van der Waals surface area contributed by atoms with E-state index in [1.165, 1.54) is 11.8 Å². The number of hydrogen-bond acceptors (Lipinski definition) is 8. The molecule has 1 aliphatic rings. The zero-order valence-electron chi connectivity index (χ0n) is 17.4. The minimum atomic E-state index is -0.670. The lowest BCUT2D eigenvalue weighted by Crippen LogP contribution is -2.27. The average molecular weight is 438 g/mol. The number of likely N-dealkylation sites (N-methyl/N-ethyl adjacent to an activating group) is 1. The summed E-state index contributed by atoms with van der Waals surface area (Å²) in [7, 11) is 0. The molecule has 0 amide bonds. The highest BCUT2D eigenvalue weighted by atomic mass is 32.2. The number of benzene rings is 2. The number of fused-ring (bicyclic) bond motifs is 3. The van der Waals surface area contributed by atoms with Crippen molar-refractivity contribution in [1.82, 2.24) is 14.5 Å². The van der Waals surface area contributed by atoms with Crippen molar-refractivity contribution in [3.05, 3.63) is 54.1 Å². The second-order valence-electron chi connectivity index (χ2n) is 6.95. The van der Waals surface area contributed by atoms with E-state index in [2.05, 4.69) is 34.0 Å². The molecular formula is C22H23N5O3S. The minimum absolute atomic E-state index is 0.161. The fraction of sp³-hybridized carbons (Fsp3) is 0.318. The van der Waals surface area contributed by atoms with Gasteiger partial charge in [0, 0.05) is 6.54 Å². The summed E-state index contributed by atoms with van der Waals surface area (Å²) in [5.41, 5.74) is 2.57. The number of para-hydroxylation sites is 2. The summed E-state index contributed by atoms with van der Waals surface area (Å²) in [4.78, 5) is 31.6. The molecular weight excluding hydrogens is 414 g/mol. The number of rotatable bonds is 8. The molecule has 0 fully saturated rings. The topological polar surface area (TPSA) is 89.2 Å². The van der Waals surface area contributed by atoms with Gasteiger partial charge in [-0.05, 0) is 61.2 Å². The Morgan fingerprint density at radius 3 is 2.65 bits per heavy atom. The van der Waals surface area contributed by atoms with Crippen molar-refractivity contribution in [2.75, 3.05) is 26.2 Å². The van der Waals surface area contributed by atoms with Gasteiger partial charge in [0.05, 0.1) is 22.3 Å². The summed E-state index contributed by atoms with van der Waals surface area (Å²) < 4.78 is 6.91. The van der Waals surface area contributed by atoms with Crippen molar-refractivity contribution in [3.8, 4) is 0 Å². The zero-order valence-corrected chi connectivity index (χ0v) is 18.2. The summed E-state index contributed by atoms with van der Waals surface area (Å²) >= 11 is 1.28. The van der Waals surface area contributed by atoms with E-state index in [1.807, 2.05) is 24.3 Å². The summed E-state index contributed by atoms with van der Waals surface area (Å²) in [5, 5.41) is 8.31. The zero-order chi connectivity index (χ0) is 21.8. The van der Waals surface area contributed by atoms with Crippen LogP contribution < -0.4 is 0 Å². The summed E-state index contributed by atoms with van der Waals surface area (Å²) in [5.74, 6) is -0.527. The fourth-order valence-corrected chi connectivity index (χ4v) is 4.25. The van der Waals surface area contributed by atoms with Gasteiger partial charge in [-0.3, -0.25) is 9.36 Å². The molecule has 1 aromatic heterocycles. The van der Waals surface area contributed by atoms with Gasteiger partial charge in [-0.1, -0.05) is 26.0 Å². The summed E-state index contributed by atoms with van der Waals surface area (Å²) in [6.45, 7) is 7.07. The van der Waals surface area contributed by atoms with Crippen LogP contribution in [-0.4, -0.2) is 57.9 Å². The number of carbonyl (C=O) groups excluding carboxylic acids is 2. The molecule has 0 spiro atoms. The van der Waals surface area contributed by atoms with Gasteiger partial charge in [0.15, 0.2) is 5.16 Å². The van der Waals surface area contributed by atoms with Crippen LogP contribution in [-0.2, 0) is 4.74 Å². The van der Waals surface area contributed by atoms with Crippen LogP contribution in [0.1, 0.15) is 29.0 Å². The molecule has 8 nitrogen and oxygen atoms in total. The molecule has 160 valence electrons. The third kappa shape index (κ3) is 4.52. The van der Waals surface area contributed by atoms with Gasteiger partial charge >= 0.3 is 5.97 Å². The first-order chi connectivity index (χ1) is 15.1. The average Bonchev–Trinajstić information content (AvgIpc) is 3.31. The predicted molar refractivity (Wildman–Crippen MR) is 119 cm³/mol. The second kappa shape index (κ2) is 9.40. The molecule has 9 heteroatoms. The lowest BCUT2D eigenvalue weighted by Gasteiger charge is -2.17. The number of thioether (sulfide) groups is 1. The number of hydrogen-bond donors (Lipinski definition) is 0. The largest absolute Gasteiger partial charge is 0.461 e. The predicted octanol–water partition coefficient (Wildman–Crippen LogP) is 4.39. The fourth-order valence-electron chi connectivity index (χ4n) is 3.30. The van der Waals surface area contributed by atoms with Gasteiger partial charge in [0.2, 0.25) is 5.37 Å². The van der Waals surface area contributed by atoms with E-state index in [0.717, 1.165) is 24.1 Å². The molecule has 0 N–H and O–H groups in total. The first-order valence-electron chi connectivity index (χ1n) is 10.2. The Labute approximate surface area is 184 Å². The second-order valence-corrected chi connectivity index (χ2v) is 8.00. The molecule has 0 radical (unpaired) electrons. The lowest BCUT2D eigenvalue weighted by molar-refractivity contribution is 0.0466. The van der Waals surface area contributed by atoms with E-state index >= 15 is 0 Å². The van der Waals surface area contributed by atoms with E-state index in [9.17, 15) is 9.59 Å². The number of carbonyl (C=O) groups is 2. The highest BCUT2D eigenvalue weighted by Gasteiger charge is 2.34. The standard InChI is InChI=1S/C22H23N5O3S/c1-3-26(4-2)13-14-30-21(29)15-9-11-16(12-10-15)24-25-19-20(28)27-18-8-6-5-7-17(18)23-22(27)31-19/h5-12,19H,3-4,13-14H2,1-2H3. The molecule has 1 unspecified atom stereocenters. The maximum atomic E-state index is 12.7. The van der Waals surface area contributed by atoms with Crippen LogP contribution >= 0.6 is 11.8 Å². The van der Waals surface area contributed by atoms with Crippen LogP contribution in [0.3, 0.4) is 0 Å². The van der Waals surface area contributed by atoms with Gasteiger partial charge in [0.25, 0.3) is 5.91 Å². The number of ether oxygens (including phenoxy) is 1. The Bertz CT molecular complexity index is 1120. The minimum Gasteiger partial charge on any atom is -0.461 e. The molecule has 31 heavy (non-hydrogen) atoms. The Balaban J connectivity index is 1.35. The molecule has 0 bridgehead atoms. The maximum absolute atomic E-state index is 12.7. The highest BCUT2D eigenvalue weighted by Crippen LogP contribution is 2.36. The molecule has 0 saturated heterocycles. The number of aromatic nitrogens is 2. The van der Waals surface area contributed by atoms with Crippen LogP contribution in [0.2, 0.25) is 0 Å². The van der Waals surface area contributed by atoms with Gasteiger partial charge in [-0.25, -0.2) is 9.78 Å². The van der Waals surface area contributed by atoms with Gasteiger partial charge in [-0.15, -0.1) is 0 Å². The Hall–Kier alpha value is -3.04. The SMILES string of the molecule is CCN(CC)CCOC(=O)c1ccc(N=NC2Sc3nc4ccccc4n3C2=O)cc1. The summed E-state index contributed by atoms with van der Waals surface area (Å²) in [6, 6.07) is 14.2. The van der Waals surface area contributed by atoms with Crippen molar-refractivity contribution >= 4 is 40.4 Å². The first-order valence-corrected chi connectivity index (χ1v) is 11.1. The molecule has 0 saturated carbocycles. The highest BCUT2D eigenvalue weighted by molar-refractivity contribution is 8.00. The normalized spacial score (nSPS) is 15.8. The Morgan fingerprint density at radius 1 is 1.16 bits per heavy atom. The van der Waals surface area contributed by atoms with Crippen molar-refractivity contribution in [1.29, 1.82) is 0 Å². The molecule has 1 aliphatic heterocycles. The number of nitrogens with zero attached hydrogens (tertiary/aromatic N) is 5. The van der Waals surface area contributed by atoms with Crippen LogP contribution in [0.25, 0.3) is 11.0 Å². The lowest BCUT2D eigenvalue weighted by atomic mass is 10.2. The third-order valence-corrected chi connectivity index (χ3v) is 6.10. The van der Waals surface area contributed by atoms with Gasteiger partial charge in [-0.2, -0.15) is 10.2 Å². The quantitative estimate of drug-likeness (QED) is 0.384. The third-order valence-electron chi connectivity index (χ3n) is 5.09. The van der Waals surface area contributed by atoms with Crippen molar-refractivity contribution in [3.63, 3.8) is 0 Å². The molecule has 0 aliphatic carbocycles. The molecule has 1 atom stereocenters. The molecule has 4 rings (SSSR count). The Morgan fingerprint density at radius 2 is 1.90 bits per heavy atom. The van der Waals surface area contributed by atoms with E-state index < -0.39 is 5.37 Å². The maximum Gasteiger partial charge on any atom is 0.338 e. The molecule has 3 aromatic rings. The monoisotopic (exact) mass is 437 g/mol.